The molecule has 0 radical (unpaired) electrons. The maximum Gasteiger partial charge on any atom is 0.349 e. The molecule has 0 aromatic carbocycles. The maximum atomic E-state index is 12.4. The first-order valence-electron chi connectivity index (χ1n) is 5.74. The van der Waals surface area contributed by atoms with Crippen molar-refractivity contribution in [3.8, 4) is 0 Å². The molecule has 2 heterocycles. The minimum absolute atomic E-state index is 0.0372. The Morgan fingerprint density at radius 2 is 1.82 bits per heavy atom. The van der Waals surface area contributed by atoms with Gasteiger partial charge in [-0.2, -0.15) is 0 Å². The molecular formula is C12H11NO6S3. The number of methoxy groups -OCH3 is 2. The third kappa shape index (κ3) is 3.13. The Morgan fingerprint density at radius 1 is 1.14 bits per heavy atom. The van der Waals surface area contributed by atoms with Crippen LogP contribution in [-0.2, 0) is 19.5 Å². The molecular weight excluding hydrogens is 350 g/mol. The van der Waals surface area contributed by atoms with Crippen molar-refractivity contribution < 1.29 is 27.5 Å². The average molecular weight is 361 g/mol. The average Bonchev–Trinajstić information content (AvgIpc) is 3.14. The van der Waals surface area contributed by atoms with Crippen LogP contribution in [0, 0.1) is 0 Å². The maximum absolute atomic E-state index is 12.4. The van der Waals surface area contributed by atoms with Gasteiger partial charge in [-0.15, -0.1) is 22.7 Å². The summed E-state index contributed by atoms with van der Waals surface area (Å²) < 4.78 is 36.2. The molecule has 0 aliphatic heterocycles. The molecule has 0 spiro atoms. The molecule has 0 aliphatic carbocycles. The van der Waals surface area contributed by atoms with Crippen molar-refractivity contribution in [2.75, 3.05) is 18.9 Å². The summed E-state index contributed by atoms with van der Waals surface area (Å²) in [7, 11) is -1.66. The van der Waals surface area contributed by atoms with Gasteiger partial charge in [0.1, 0.15) is 9.77 Å². The fraction of sp³-hybridized carbons (Fsp3) is 0.167. The highest BCUT2D eigenvalue weighted by Gasteiger charge is 2.26. The van der Waals surface area contributed by atoms with Crippen LogP contribution in [0.15, 0.2) is 27.1 Å². The highest BCUT2D eigenvalue weighted by atomic mass is 32.2. The SMILES string of the molecule is COC(=O)c1cscc1NS(=O)(=O)c1ccsc1C(=O)OC. The van der Waals surface area contributed by atoms with E-state index in [-0.39, 0.29) is 21.0 Å². The molecule has 0 saturated heterocycles. The zero-order valence-electron chi connectivity index (χ0n) is 11.5. The Labute approximate surface area is 134 Å². The fourth-order valence-electron chi connectivity index (χ4n) is 1.59. The van der Waals surface area contributed by atoms with Crippen LogP contribution in [0.3, 0.4) is 0 Å². The van der Waals surface area contributed by atoms with Crippen LogP contribution in [0.1, 0.15) is 20.0 Å². The summed E-state index contributed by atoms with van der Waals surface area (Å²) in [5.41, 5.74) is 0.199. The van der Waals surface area contributed by atoms with Crippen LogP contribution < -0.4 is 4.72 Å². The lowest BCUT2D eigenvalue weighted by atomic mass is 10.3. The van der Waals surface area contributed by atoms with Gasteiger partial charge in [0.05, 0.1) is 25.5 Å². The Kier molecular flexibility index (Phi) is 4.84. The van der Waals surface area contributed by atoms with Gasteiger partial charge in [-0.1, -0.05) is 0 Å². The minimum Gasteiger partial charge on any atom is -0.465 e. The van der Waals surface area contributed by atoms with Crippen molar-refractivity contribution in [3.05, 3.63) is 32.6 Å². The number of thiophene rings is 2. The predicted molar refractivity (Wildman–Crippen MR) is 82.1 cm³/mol. The van der Waals surface area contributed by atoms with E-state index >= 15 is 0 Å². The number of hydrogen-bond donors (Lipinski definition) is 1. The van der Waals surface area contributed by atoms with Crippen molar-refractivity contribution in [1.82, 2.24) is 0 Å². The Balaban J connectivity index is 2.38. The highest BCUT2D eigenvalue weighted by molar-refractivity contribution is 7.93. The topological polar surface area (TPSA) is 98.8 Å². The monoisotopic (exact) mass is 361 g/mol. The van der Waals surface area contributed by atoms with Crippen molar-refractivity contribution in [1.29, 1.82) is 0 Å². The number of sulfonamides is 1. The zero-order chi connectivity index (χ0) is 16.3. The Morgan fingerprint density at radius 3 is 2.45 bits per heavy atom. The number of hydrogen-bond acceptors (Lipinski definition) is 8. The van der Waals surface area contributed by atoms with Gasteiger partial charge < -0.3 is 9.47 Å². The summed E-state index contributed by atoms with van der Waals surface area (Å²) in [5, 5.41) is 4.40. The summed E-state index contributed by atoms with van der Waals surface area (Å²) in [5.74, 6) is -1.40. The van der Waals surface area contributed by atoms with Crippen LogP contribution in [-0.4, -0.2) is 34.6 Å². The highest BCUT2D eigenvalue weighted by Crippen LogP contribution is 2.28. The Hall–Kier alpha value is -1.91. The molecule has 22 heavy (non-hydrogen) atoms. The molecule has 118 valence electrons. The molecule has 1 N–H and O–H groups in total. The Bertz CT molecular complexity index is 804. The summed E-state index contributed by atoms with van der Waals surface area (Å²) in [6.45, 7) is 0. The normalized spacial score (nSPS) is 11.0. The van der Waals surface area contributed by atoms with Gasteiger partial charge in [-0.25, -0.2) is 18.0 Å². The number of ether oxygens (including phenoxy) is 2. The number of anilines is 1. The van der Waals surface area contributed by atoms with Crippen molar-refractivity contribution in [2.24, 2.45) is 0 Å². The van der Waals surface area contributed by atoms with E-state index in [4.69, 9.17) is 0 Å². The first-order chi connectivity index (χ1) is 10.4. The van der Waals surface area contributed by atoms with Crippen LogP contribution >= 0.6 is 22.7 Å². The van der Waals surface area contributed by atoms with E-state index in [1.165, 1.54) is 36.4 Å². The van der Waals surface area contributed by atoms with Gasteiger partial charge in [0.15, 0.2) is 0 Å². The molecule has 0 saturated carbocycles. The third-order valence-electron chi connectivity index (χ3n) is 2.60. The van der Waals surface area contributed by atoms with Crippen LogP contribution in [0.25, 0.3) is 0 Å². The molecule has 2 aromatic rings. The van der Waals surface area contributed by atoms with Gasteiger partial charge in [0.25, 0.3) is 10.0 Å². The van der Waals surface area contributed by atoms with Crippen LogP contribution in [0.4, 0.5) is 5.69 Å². The van der Waals surface area contributed by atoms with Gasteiger partial charge in [-0.3, -0.25) is 4.72 Å². The van der Waals surface area contributed by atoms with Crippen LogP contribution in [0.2, 0.25) is 0 Å². The number of carbonyl (C=O) groups excluding carboxylic acids is 2. The van der Waals surface area contributed by atoms with Gasteiger partial charge >= 0.3 is 11.9 Å². The van der Waals surface area contributed by atoms with Crippen molar-refractivity contribution in [3.63, 3.8) is 0 Å². The van der Waals surface area contributed by atoms with Crippen LogP contribution in [0.5, 0.6) is 0 Å². The van der Waals surface area contributed by atoms with E-state index in [9.17, 15) is 18.0 Å². The van der Waals surface area contributed by atoms with E-state index in [1.807, 2.05) is 0 Å². The van der Waals surface area contributed by atoms with E-state index in [0.29, 0.717) is 0 Å². The van der Waals surface area contributed by atoms with E-state index in [2.05, 4.69) is 14.2 Å². The molecule has 0 unspecified atom stereocenters. The van der Waals surface area contributed by atoms with E-state index < -0.39 is 22.0 Å². The molecule has 2 rings (SSSR count). The molecule has 10 heteroatoms. The number of esters is 2. The van der Waals surface area contributed by atoms with Gasteiger partial charge in [-0.05, 0) is 11.4 Å². The second kappa shape index (κ2) is 6.46. The molecule has 0 atom stereocenters. The number of carbonyl (C=O) groups is 2. The molecule has 0 bridgehead atoms. The standard InChI is InChI=1S/C12H11NO6S3/c1-18-11(14)7-5-20-6-8(7)13-22(16,17)9-3-4-21-10(9)12(15)19-2/h3-6,13H,1-2H3. The quantitative estimate of drug-likeness (QED) is 0.820. The molecule has 0 amide bonds. The first kappa shape index (κ1) is 16.5. The first-order valence-corrected chi connectivity index (χ1v) is 9.04. The third-order valence-corrected chi connectivity index (χ3v) is 5.78. The molecule has 0 aliphatic rings. The van der Waals surface area contributed by atoms with E-state index in [0.717, 1.165) is 22.7 Å². The lowest BCUT2D eigenvalue weighted by molar-refractivity contribution is 0.0593. The molecule has 2 aromatic heterocycles. The number of rotatable bonds is 5. The van der Waals surface area contributed by atoms with Gasteiger partial charge in [0, 0.05) is 10.8 Å². The zero-order valence-corrected chi connectivity index (χ0v) is 13.9. The minimum atomic E-state index is -4.03. The molecule has 0 fully saturated rings. The van der Waals surface area contributed by atoms with Crippen molar-refractivity contribution in [2.45, 2.75) is 4.90 Å². The summed E-state index contributed by atoms with van der Waals surface area (Å²) in [6.07, 6.45) is 0. The summed E-state index contributed by atoms with van der Waals surface area (Å²) in [4.78, 5) is 22.9. The lowest BCUT2D eigenvalue weighted by Gasteiger charge is -2.08. The van der Waals surface area contributed by atoms with Crippen molar-refractivity contribution >= 4 is 50.3 Å². The second-order valence-electron chi connectivity index (χ2n) is 3.90. The summed E-state index contributed by atoms with van der Waals surface area (Å²) in [6, 6.07) is 1.30. The second-order valence-corrected chi connectivity index (χ2v) is 7.21. The largest absolute Gasteiger partial charge is 0.465 e. The summed E-state index contributed by atoms with van der Waals surface area (Å²) >= 11 is 2.10. The number of nitrogens with one attached hydrogen (secondary N) is 1. The smallest absolute Gasteiger partial charge is 0.349 e. The van der Waals surface area contributed by atoms with Gasteiger partial charge in [0.2, 0.25) is 0 Å². The fourth-order valence-corrected chi connectivity index (χ4v) is 4.82. The molecule has 7 nitrogen and oxygen atoms in total. The van der Waals surface area contributed by atoms with E-state index in [1.54, 1.807) is 0 Å². The predicted octanol–water partition coefficient (Wildman–Crippen LogP) is 2.18. The lowest BCUT2D eigenvalue weighted by Crippen LogP contribution is -2.17.